The van der Waals surface area contributed by atoms with Crippen LogP contribution >= 0.6 is 0 Å². The van der Waals surface area contributed by atoms with Gasteiger partial charge in [0.05, 0.1) is 0 Å². The summed E-state index contributed by atoms with van der Waals surface area (Å²) >= 11 is 0. The van der Waals surface area contributed by atoms with E-state index in [1.165, 1.54) is 13.8 Å². The molecular formula is C11H12BF3KN3O. The smallest absolute Gasteiger partial charge is 0.449 e. The number of hydrogen-bond acceptors (Lipinski definition) is 2. The van der Waals surface area contributed by atoms with Gasteiger partial charge in [0.15, 0.2) is 6.29 Å². The Morgan fingerprint density at radius 2 is 1.75 bits per heavy atom. The molecule has 0 N–H and O–H groups in total. The van der Waals surface area contributed by atoms with Gasteiger partial charge < -0.3 is 12.9 Å². The molecule has 0 unspecified atom stereocenters. The molecule has 0 aromatic heterocycles. The van der Waals surface area contributed by atoms with Crippen LogP contribution in [0.25, 0.3) is 10.4 Å². The number of nitrogens with zero attached hydrogens (tertiary/aromatic N) is 3. The summed E-state index contributed by atoms with van der Waals surface area (Å²) in [7, 11) is 0. The molecule has 0 amide bonds. The van der Waals surface area contributed by atoms with Crippen LogP contribution < -0.4 is 51.4 Å². The van der Waals surface area contributed by atoms with Gasteiger partial charge in [0.1, 0.15) is 0 Å². The summed E-state index contributed by atoms with van der Waals surface area (Å²) in [6.07, 6.45) is -0.597. The number of carbonyl (C=O) groups is 1. The summed E-state index contributed by atoms with van der Waals surface area (Å²) in [6, 6.07) is 0. The molecule has 0 fully saturated rings. The summed E-state index contributed by atoms with van der Waals surface area (Å²) < 4.78 is 37.9. The van der Waals surface area contributed by atoms with Crippen LogP contribution in [-0.4, -0.2) is 13.3 Å². The Hall–Kier alpha value is -0.309. The Morgan fingerprint density at radius 3 is 2.15 bits per heavy atom. The van der Waals surface area contributed by atoms with Gasteiger partial charge in [-0.2, -0.15) is 0 Å². The number of rotatable bonds is 4. The SMILES string of the molecule is Cc1c(C=O)c(C)c(N=[N+]=[N-])c(C)c1C[B-](F)(F)F.[K+]. The topological polar surface area (TPSA) is 65.8 Å². The molecule has 102 valence electrons. The number of hydrogen-bond donors (Lipinski definition) is 0. The number of benzene rings is 1. The summed E-state index contributed by atoms with van der Waals surface area (Å²) in [5, 5.41) is 3.41. The summed E-state index contributed by atoms with van der Waals surface area (Å²) in [5.41, 5.74) is 9.72. The Balaban J connectivity index is 0.00000361. The third-order valence-electron chi connectivity index (χ3n) is 3.12. The van der Waals surface area contributed by atoms with E-state index < -0.39 is 13.3 Å². The van der Waals surface area contributed by atoms with Crippen LogP contribution in [0.1, 0.15) is 32.6 Å². The molecule has 0 radical (unpaired) electrons. The molecule has 9 heteroatoms. The van der Waals surface area contributed by atoms with Crippen molar-refractivity contribution < 1.29 is 69.1 Å². The normalized spacial score (nSPS) is 10.5. The fraction of sp³-hybridized carbons (Fsp3) is 0.364. The Labute approximate surface area is 157 Å². The average molecular weight is 309 g/mol. The van der Waals surface area contributed by atoms with E-state index in [-0.39, 0.29) is 73.8 Å². The van der Waals surface area contributed by atoms with Gasteiger partial charge in [0.25, 0.3) is 0 Å². The fourth-order valence-corrected chi connectivity index (χ4v) is 2.19. The third-order valence-corrected chi connectivity index (χ3v) is 3.12. The molecule has 0 aliphatic carbocycles. The van der Waals surface area contributed by atoms with Crippen LogP contribution in [0.2, 0.25) is 0 Å². The van der Waals surface area contributed by atoms with E-state index in [1.807, 2.05) is 0 Å². The van der Waals surface area contributed by atoms with Crippen molar-refractivity contribution in [2.45, 2.75) is 27.1 Å². The second-order valence-corrected chi connectivity index (χ2v) is 4.34. The number of aldehydes is 1. The van der Waals surface area contributed by atoms with Gasteiger partial charge >= 0.3 is 58.4 Å². The van der Waals surface area contributed by atoms with Crippen LogP contribution in [0.15, 0.2) is 5.11 Å². The number of halogens is 3. The first-order chi connectivity index (χ1) is 8.72. The van der Waals surface area contributed by atoms with E-state index >= 15 is 0 Å². The van der Waals surface area contributed by atoms with E-state index in [0.29, 0.717) is 17.4 Å². The molecule has 0 heterocycles. The molecule has 4 nitrogen and oxygen atoms in total. The van der Waals surface area contributed by atoms with Crippen LogP contribution in [0.4, 0.5) is 18.6 Å². The van der Waals surface area contributed by atoms with Gasteiger partial charge in [0.2, 0.25) is 0 Å². The van der Waals surface area contributed by atoms with Crippen molar-refractivity contribution in [1.82, 2.24) is 0 Å². The van der Waals surface area contributed by atoms with Gasteiger partial charge in [-0.1, -0.05) is 17.0 Å². The van der Waals surface area contributed by atoms with Gasteiger partial charge in [-0.15, -0.1) is 0 Å². The van der Waals surface area contributed by atoms with Crippen molar-refractivity contribution in [3.8, 4) is 0 Å². The first kappa shape index (κ1) is 19.7. The third kappa shape index (κ3) is 4.34. The molecular weight excluding hydrogens is 297 g/mol. The van der Waals surface area contributed by atoms with E-state index in [9.17, 15) is 17.7 Å². The van der Waals surface area contributed by atoms with Crippen molar-refractivity contribution in [3.05, 3.63) is 38.3 Å². The summed E-state index contributed by atoms with van der Waals surface area (Å²) in [5.74, 6) is 0. The molecule has 0 atom stereocenters. The first-order valence-corrected chi connectivity index (χ1v) is 5.56. The molecule has 0 saturated heterocycles. The number of carbonyl (C=O) groups excluding carboxylic acids is 1. The zero-order chi connectivity index (χ0) is 14.8. The maximum Gasteiger partial charge on any atom is 1.00 e. The van der Waals surface area contributed by atoms with Gasteiger partial charge in [0, 0.05) is 16.2 Å². The molecule has 0 aliphatic rings. The van der Waals surface area contributed by atoms with E-state index in [1.54, 1.807) is 6.92 Å². The molecule has 1 aromatic carbocycles. The molecule has 20 heavy (non-hydrogen) atoms. The van der Waals surface area contributed by atoms with Crippen molar-refractivity contribution in [2.24, 2.45) is 5.11 Å². The largest absolute Gasteiger partial charge is 1.00 e. The van der Waals surface area contributed by atoms with Gasteiger partial charge in [-0.3, -0.25) is 4.79 Å². The quantitative estimate of drug-likeness (QED) is 0.272. The Morgan fingerprint density at radius 1 is 1.20 bits per heavy atom. The molecule has 0 saturated carbocycles. The molecule has 0 bridgehead atoms. The number of azide groups is 1. The van der Waals surface area contributed by atoms with Crippen LogP contribution in [0, 0.1) is 20.8 Å². The van der Waals surface area contributed by atoms with Gasteiger partial charge in [-0.05, 0) is 43.0 Å². The maximum absolute atomic E-state index is 12.6. The molecule has 1 aromatic rings. The monoisotopic (exact) mass is 309 g/mol. The first-order valence-electron chi connectivity index (χ1n) is 5.56. The predicted molar refractivity (Wildman–Crippen MR) is 67.6 cm³/mol. The van der Waals surface area contributed by atoms with Crippen molar-refractivity contribution in [1.29, 1.82) is 0 Å². The summed E-state index contributed by atoms with van der Waals surface area (Å²) in [4.78, 5) is 13.6. The molecule has 0 spiro atoms. The van der Waals surface area contributed by atoms with E-state index in [2.05, 4.69) is 10.0 Å². The van der Waals surface area contributed by atoms with Crippen molar-refractivity contribution in [2.75, 3.05) is 0 Å². The van der Waals surface area contributed by atoms with E-state index in [4.69, 9.17) is 5.53 Å². The summed E-state index contributed by atoms with van der Waals surface area (Å²) in [6.45, 7) is -0.537. The molecule has 1 rings (SSSR count). The molecule has 0 aliphatic heterocycles. The zero-order valence-electron chi connectivity index (χ0n) is 11.7. The minimum Gasteiger partial charge on any atom is -0.449 e. The zero-order valence-corrected chi connectivity index (χ0v) is 14.9. The Kier molecular flexibility index (Phi) is 7.51. The predicted octanol–water partition coefficient (Wildman–Crippen LogP) is 1.30. The second-order valence-electron chi connectivity index (χ2n) is 4.34. The maximum atomic E-state index is 12.6. The van der Waals surface area contributed by atoms with Crippen molar-refractivity contribution >= 4 is 19.0 Å². The Bertz CT molecular complexity index is 584. The van der Waals surface area contributed by atoms with Crippen LogP contribution in [0.5, 0.6) is 0 Å². The van der Waals surface area contributed by atoms with Crippen molar-refractivity contribution in [3.63, 3.8) is 0 Å². The fourth-order valence-electron chi connectivity index (χ4n) is 2.19. The van der Waals surface area contributed by atoms with Crippen LogP contribution in [-0.2, 0) is 6.32 Å². The second kappa shape index (κ2) is 7.63. The minimum absolute atomic E-state index is 0. The standard InChI is InChI=1S/C11H12BF3N3O.K/c1-6-9(4-12(13,14)15)7(2)11(17-18-16)8(3)10(6)5-19;/h5H,4H2,1-3H3;/q-1;+1. The van der Waals surface area contributed by atoms with Gasteiger partial charge in [-0.25, -0.2) is 0 Å². The average Bonchev–Trinajstić information content (AvgIpc) is 2.30. The van der Waals surface area contributed by atoms with Crippen LogP contribution in [0.3, 0.4) is 0 Å². The minimum atomic E-state index is -5.03. The van der Waals surface area contributed by atoms with E-state index in [0.717, 1.165) is 0 Å².